The van der Waals surface area contributed by atoms with Gasteiger partial charge in [0.1, 0.15) is 5.76 Å². The van der Waals surface area contributed by atoms with Crippen molar-refractivity contribution in [1.82, 2.24) is 14.1 Å². The fourth-order valence-electron chi connectivity index (χ4n) is 4.78. The van der Waals surface area contributed by atoms with Crippen LogP contribution in [-0.4, -0.2) is 67.1 Å². The van der Waals surface area contributed by atoms with Crippen LogP contribution in [0.3, 0.4) is 0 Å². The molecule has 1 unspecified atom stereocenters. The number of carbonyl (C=O) groups is 2. The molecular weight excluding hydrogens is 442 g/mol. The molecular formula is C24H31N3O5S. The molecule has 2 aliphatic rings. The summed E-state index contributed by atoms with van der Waals surface area (Å²) in [5.74, 6) is 0.139. The van der Waals surface area contributed by atoms with Crippen molar-refractivity contribution in [2.24, 2.45) is 5.92 Å². The van der Waals surface area contributed by atoms with E-state index in [2.05, 4.69) is 0 Å². The molecule has 0 aliphatic carbocycles. The minimum absolute atomic E-state index is 0.0632. The van der Waals surface area contributed by atoms with Gasteiger partial charge in [0.25, 0.3) is 0 Å². The second-order valence-electron chi connectivity index (χ2n) is 9.07. The second-order valence-corrected chi connectivity index (χ2v) is 10.9. The maximum Gasteiger partial charge on any atom is 0.243 e. The molecule has 2 aliphatic heterocycles. The third kappa shape index (κ3) is 4.44. The third-order valence-corrected chi connectivity index (χ3v) is 9.11. The lowest BCUT2D eigenvalue weighted by atomic mass is 10.0. The van der Waals surface area contributed by atoms with E-state index in [1.807, 2.05) is 33.8 Å². The highest BCUT2D eigenvalue weighted by molar-refractivity contribution is 7.89. The third-order valence-electron chi connectivity index (χ3n) is 6.94. The highest BCUT2D eigenvalue weighted by Crippen LogP contribution is 2.30. The zero-order valence-electron chi connectivity index (χ0n) is 19.6. The van der Waals surface area contributed by atoms with Gasteiger partial charge in [-0.15, -0.1) is 0 Å². The summed E-state index contributed by atoms with van der Waals surface area (Å²) in [6.45, 7) is 9.40. The van der Waals surface area contributed by atoms with Gasteiger partial charge < -0.3 is 14.2 Å². The van der Waals surface area contributed by atoms with Crippen molar-refractivity contribution in [2.75, 3.05) is 32.7 Å². The Hall–Kier alpha value is -2.65. The molecule has 2 amide bonds. The molecule has 33 heavy (non-hydrogen) atoms. The summed E-state index contributed by atoms with van der Waals surface area (Å²) < 4.78 is 33.7. The first kappa shape index (κ1) is 23.5. The van der Waals surface area contributed by atoms with Crippen LogP contribution < -0.4 is 0 Å². The zero-order chi connectivity index (χ0) is 23.9. The molecule has 1 aromatic carbocycles. The zero-order valence-corrected chi connectivity index (χ0v) is 20.4. The highest BCUT2D eigenvalue weighted by Gasteiger charge is 2.39. The minimum Gasteiger partial charge on any atom is -0.467 e. The number of piperazine rings is 1. The number of hydrogen-bond donors (Lipinski definition) is 0. The number of amides is 2. The number of hydrogen-bond acceptors (Lipinski definition) is 5. The number of rotatable bonds is 5. The smallest absolute Gasteiger partial charge is 0.243 e. The Labute approximate surface area is 195 Å². The van der Waals surface area contributed by atoms with Crippen molar-refractivity contribution in [3.05, 3.63) is 52.5 Å². The Morgan fingerprint density at radius 2 is 1.70 bits per heavy atom. The van der Waals surface area contributed by atoms with Gasteiger partial charge in [-0.2, -0.15) is 4.31 Å². The van der Waals surface area contributed by atoms with Crippen molar-refractivity contribution in [2.45, 2.75) is 45.6 Å². The van der Waals surface area contributed by atoms with Gasteiger partial charge >= 0.3 is 0 Å². The lowest BCUT2D eigenvalue weighted by Gasteiger charge is -2.35. The second kappa shape index (κ2) is 8.95. The quantitative estimate of drug-likeness (QED) is 0.665. The predicted molar refractivity (Wildman–Crippen MR) is 123 cm³/mol. The van der Waals surface area contributed by atoms with E-state index in [0.717, 1.165) is 22.3 Å². The number of nitrogens with zero attached hydrogens (tertiary/aromatic N) is 3. The van der Waals surface area contributed by atoms with E-state index in [1.165, 1.54) is 4.31 Å². The maximum absolute atomic E-state index is 13.5. The van der Waals surface area contributed by atoms with Gasteiger partial charge in [-0.25, -0.2) is 8.42 Å². The van der Waals surface area contributed by atoms with Crippen LogP contribution in [0.2, 0.25) is 0 Å². The molecule has 3 heterocycles. The number of carbonyl (C=O) groups excluding carboxylic acids is 2. The molecule has 2 fully saturated rings. The van der Waals surface area contributed by atoms with Crippen LogP contribution in [0.1, 0.15) is 34.4 Å². The number of furan rings is 1. The summed E-state index contributed by atoms with van der Waals surface area (Å²) >= 11 is 0. The Balaban J connectivity index is 1.41. The maximum atomic E-state index is 13.5. The first-order valence-electron chi connectivity index (χ1n) is 11.3. The van der Waals surface area contributed by atoms with E-state index < -0.39 is 15.9 Å². The summed E-state index contributed by atoms with van der Waals surface area (Å²) in [4.78, 5) is 29.2. The van der Waals surface area contributed by atoms with Crippen molar-refractivity contribution in [3.8, 4) is 0 Å². The monoisotopic (exact) mass is 473 g/mol. The van der Waals surface area contributed by atoms with Gasteiger partial charge in [0.2, 0.25) is 21.8 Å². The van der Waals surface area contributed by atoms with E-state index in [4.69, 9.17) is 4.42 Å². The van der Waals surface area contributed by atoms with E-state index in [-0.39, 0.29) is 31.3 Å². The molecule has 8 nitrogen and oxygen atoms in total. The number of benzene rings is 1. The molecule has 1 atom stereocenters. The summed E-state index contributed by atoms with van der Waals surface area (Å²) in [5, 5.41) is 0. The molecule has 178 valence electrons. The summed E-state index contributed by atoms with van der Waals surface area (Å²) in [7, 11) is -3.66. The predicted octanol–water partition coefficient (Wildman–Crippen LogP) is 2.39. The van der Waals surface area contributed by atoms with Crippen molar-refractivity contribution < 1.29 is 22.4 Å². The first-order chi connectivity index (χ1) is 15.6. The van der Waals surface area contributed by atoms with Gasteiger partial charge in [-0.3, -0.25) is 9.59 Å². The van der Waals surface area contributed by atoms with Gasteiger partial charge in [0, 0.05) is 39.1 Å². The summed E-state index contributed by atoms with van der Waals surface area (Å²) in [5.41, 5.74) is 3.46. The van der Waals surface area contributed by atoms with Gasteiger partial charge in [0.15, 0.2) is 0 Å². The topological polar surface area (TPSA) is 91.1 Å². The lowest BCUT2D eigenvalue weighted by molar-refractivity contribution is -0.137. The fourth-order valence-corrected chi connectivity index (χ4v) is 6.78. The average Bonchev–Trinajstić information content (AvgIpc) is 3.42. The van der Waals surface area contributed by atoms with Crippen LogP contribution in [0.15, 0.2) is 33.8 Å². The molecule has 0 spiro atoms. The van der Waals surface area contributed by atoms with Crippen molar-refractivity contribution in [3.63, 3.8) is 0 Å². The minimum atomic E-state index is -3.66. The molecule has 0 bridgehead atoms. The Morgan fingerprint density at radius 1 is 1.06 bits per heavy atom. The summed E-state index contributed by atoms with van der Waals surface area (Å²) in [6, 6.07) is 5.59. The molecule has 9 heteroatoms. The molecule has 0 radical (unpaired) electrons. The Kier molecular flexibility index (Phi) is 6.37. The molecule has 2 aromatic rings. The van der Waals surface area contributed by atoms with E-state index in [1.54, 1.807) is 28.2 Å². The first-order valence-corrected chi connectivity index (χ1v) is 12.7. The molecule has 1 aromatic heterocycles. The molecule has 0 N–H and O–H groups in total. The van der Waals surface area contributed by atoms with Crippen LogP contribution in [0, 0.1) is 33.6 Å². The molecule has 2 saturated heterocycles. The van der Waals surface area contributed by atoms with Crippen LogP contribution in [0.5, 0.6) is 0 Å². The van der Waals surface area contributed by atoms with E-state index in [9.17, 15) is 18.0 Å². The normalized spacial score (nSPS) is 20.0. The van der Waals surface area contributed by atoms with Gasteiger partial charge in [-0.1, -0.05) is 6.07 Å². The average molecular weight is 474 g/mol. The van der Waals surface area contributed by atoms with Gasteiger partial charge in [-0.05, 0) is 62.1 Å². The van der Waals surface area contributed by atoms with Crippen LogP contribution in [0.25, 0.3) is 0 Å². The fraction of sp³-hybridized carbons (Fsp3) is 0.500. The van der Waals surface area contributed by atoms with Crippen molar-refractivity contribution in [1.29, 1.82) is 0 Å². The Morgan fingerprint density at radius 3 is 2.27 bits per heavy atom. The van der Waals surface area contributed by atoms with E-state index in [0.29, 0.717) is 36.8 Å². The highest BCUT2D eigenvalue weighted by atomic mass is 32.2. The SMILES string of the molecule is Cc1cc(C)c(C)c(S(=O)(=O)N2CCN(C(=O)C3CC(=O)N(Cc4ccco4)C3)CC2)c1C. The Bertz CT molecular complexity index is 1140. The number of likely N-dealkylation sites (tertiary alicyclic amines) is 1. The standard InChI is InChI=1S/C24H31N3O5S/c1-16-12-17(2)19(4)23(18(16)3)33(30,31)27-9-7-25(8-10-27)24(29)20-13-22(28)26(14-20)15-21-6-5-11-32-21/h5-6,11-12,20H,7-10,13-15H2,1-4H3. The van der Waals surface area contributed by atoms with E-state index >= 15 is 0 Å². The van der Waals surface area contributed by atoms with Crippen LogP contribution in [-0.2, 0) is 26.2 Å². The molecule has 0 saturated carbocycles. The van der Waals surface area contributed by atoms with Crippen LogP contribution >= 0.6 is 0 Å². The number of aryl methyl sites for hydroxylation is 2. The lowest BCUT2D eigenvalue weighted by Crippen LogP contribution is -2.52. The number of sulfonamides is 1. The van der Waals surface area contributed by atoms with Gasteiger partial charge in [0.05, 0.1) is 23.6 Å². The van der Waals surface area contributed by atoms with Crippen LogP contribution in [0.4, 0.5) is 0 Å². The summed E-state index contributed by atoms with van der Waals surface area (Å²) in [6.07, 6.45) is 1.74. The van der Waals surface area contributed by atoms with Crippen molar-refractivity contribution >= 4 is 21.8 Å². The largest absolute Gasteiger partial charge is 0.467 e. The molecule has 4 rings (SSSR count).